The maximum atomic E-state index is 13.0. The van der Waals surface area contributed by atoms with E-state index in [0.717, 1.165) is 10.9 Å². The first-order chi connectivity index (χ1) is 15.6. The van der Waals surface area contributed by atoms with Gasteiger partial charge in [0, 0.05) is 40.7 Å². The summed E-state index contributed by atoms with van der Waals surface area (Å²) in [7, 11) is 0. The molecule has 0 aromatic carbocycles. The number of nitrogens with two attached hydrogens (primary N) is 1. The van der Waals surface area contributed by atoms with Gasteiger partial charge in [-0.15, -0.1) is 0 Å². The molecule has 0 aliphatic heterocycles. The van der Waals surface area contributed by atoms with Gasteiger partial charge in [-0.1, -0.05) is 13.8 Å². The van der Waals surface area contributed by atoms with Crippen molar-refractivity contribution < 1.29 is 22.7 Å². The van der Waals surface area contributed by atoms with Gasteiger partial charge in [0.2, 0.25) is 5.91 Å². The quantitative estimate of drug-likeness (QED) is 0.448. The van der Waals surface area contributed by atoms with E-state index in [2.05, 4.69) is 20.3 Å². The molecule has 1 aliphatic rings. The van der Waals surface area contributed by atoms with Gasteiger partial charge >= 0.3 is 6.18 Å². The molecule has 10 heteroatoms. The van der Waals surface area contributed by atoms with Crippen molar-refractivity contribution in [2.45, 2.75) is 38.4 Å². The second kappa shape index (κ2) is 8.66. The van der Waals surface area contributed by atoms with E-state index in [0.29, 0.717) is 29.5 Å². The van der Waals surface area contributed by atoms with Gasteiger partial charge in [0.25, 0.3) is 0 Å². The Morgan fingerprint density at radius 1 is 1.27 bits per heavy atom. The fourth-order valence-electron chi connectivity index (χ4n) is 4.00. The summed E-state index contributed by atoms with van der Waals surface area (Å²) >= 11 is 0. The van der Waals surface area contributed by atoms with Gasteiger partial charge in [-0.05, 0) is 36.8 Å². The number of alkyl halides is 3. The normalized spacial score (nSPS) is 16.2. The van der Waals surface area contributed by atoms with Gasteiger partial charge in [-0.3, -0.25) is 15.1 Å². The molecule has 0 unspecified atom stereocenters. The fourth-order valence-corrected chi connectivity index (χ4v) is 4.00. The molecule has 33 heavy (non-hydrogen) atoms. The largest absolute Gasteiger partial charge is 0.492 e. The third-order valence-electron chi connectivity index (χ3n) is 6.02. The van der Waals surface area contributed by atoms with Crippen LogP contribution in [0.15, 0.2) is 36.9 Å². The first-order valence-electron chi connectivity index (χ1n) is 10.8. The van der Waals surface area contributed by atoms with Crippen LogP contribution in [0, 0.1) is 11.8 Å². The summed E-state index contributed by atoms with van der Waals surface area (Å²) in [6.07, 6.45) is 4.17. The molecule has 1 saturated carbocycles. The smallest absolute Gasteiger partial charge is 0.401 e. The number of amides is 1. The Hall–Kier alpha value is -3.14. The van der Waals surface area contributed by atoms with E-state index in [1.165, 1.54) is 19.0 Å². The van der Waals surface area contributed by atoms with Gasteiger partial charge in [-0.25, -0.2) is 4.98 Å². The van der Waals surface area contributed by atoms with Crippen molar-refractivity contribution in [3.63, 3.8) is 0 Å². The summed E-state index contributed by atoms with van der Waals surface area (Å²) in [5, 5.41) is 3.14. The van der Waals surface area contributed by atoms with Gasteiger partial charge in [0.05, 0.1) is 19.3 Å². The first-order valence-corrected chi connectivity index (χ1v) is 10.8. The molecule has 4 N–H and O–H groups in total. The molecule has 4 rings (SSSR count). The molecule has 0 saturated heterocycles. The molecule has 3 aromatic rings. The number of aromatic amines is 1. The second-order valence-corrected chi connectivity index (χ2v) is 8.78. The van der Waals surface area contributed by atoms with Crippen molar-refractivity contribution in [3.05, 3.63) is 42.5 Å². The third-order valence-corrected chi connectivity index (χ3v) is 6.02. The number of primary amides is 1. The molecule has 0 spiro atoms. The number of rotatable bonds is 9. The van der Waals surface area contributed by atoms with E-state index in [-0.39, 0.29) is 5.56 Å². The van der Waals surface area contributed by atoms with E-state index in [4.69, 9.17) is 10.5 Å². The monoisotopic (exact) mass is 461 g/mol. The van der Waals surface area contributed by atoms with Crippen molar-refractivity contribution in [1.29, 1.82) is 0 Å². The van der Waals surface area contributed by atoms with E-state index in [1.807, 2.05) is 6.07 Å². The Labute approximate surface area is 188 Å². The molecule has 0 radical (unpaired) electrons. The summed E-state index contributed by atoms with van der Waals surface area (Å²) in [6, 6.07) is 3.51. The minimum absolute atomic E-state index is 0.259. The molecule has 7 nitrogen and oxygen atoms in total. The van der Waals surface area contributed by atoms with Crippen LogP contribution < -0.4 is 15.8 Å². The number of hydrogen-bond donors (Lipinski definition) is 3. The standard InChI is InChI=1S/C23H26F3N5O2/c1-13(2)23(21(27)32,31-12-22(24,25)26)16-5-15(7-28-8-16)19-10-30-20-18(19)6-17(9-29-20)33-11-14-3-4-14/h5-10,13-14,31H,3-4,11-12H2,1-2H3,(H2,27,32)(H,29,30)/t23-/m1/s1. The van der Waals surface area contributed by atoms with Crippen LogP contribution in [0.25, 0.3) is 22.2 Å². The van der Waals surface area contributed by atoms with Crippen molar-refractivity contribution in [2.75, 3.05) is 13.2 Å². The van der Waals surface area contributed by atoms with Crippen molar-refractivity contribution in [3.8, 4) is 16.9 Å². The summed E-state index contributed by atoms with van der Waals surface area (Å²) in [4.78, 5) is 24.2. The van der Waals surface area contributed by atoms with Crippen molar-refractivity contribution >= 4 is 16.9 Å². The zero-order valence-corrected chi connectivity index (χ0v) is 18.4. The van der Waals surface area contributed by atoms with Crippen LogP contribution in [0.2, 0.25) is 0 Å². The highest BCUT2D eigenvalue weighted by Gasteiger charge is 2.44. The van der Waals surface area contributed by atoms with Crippen LogP contribution in [0.4, 0.5) is 13.2 Å². The zero-order valence-electron chi connectivity index (χ0n) is 18.4. The highest BCUT2D eigenvalue weighted by atomic mass is 19.4. The van der Waals surface area contributed by atoms with E-state index in [9.17, 15) is 18.0 Å². The maximum absolute atomic E-state index is 13.0. The van der Waals surface area contributed by atoms with E-state index < -0.39 is 30.1 Å². The summed E-state index contributed by atoms with van der Waals surface area (Å²) in [6.45, 7) is 2.56. The lowest BCUT2D eigenvalue weighted by Crippen LogP contribution is -2.58. The lowest BCUT2D eigenvalue weighted by Gasteiger charge is -2.36. The number of nitrogens with zero attached hydrogens (tertiary/aromatic N) is 2. The van der Waals surface area contributed by atoms with Crippen molar-refractivity contribution in [1.82, 2.24) is 20.3 Å². The number of hydrogen-bond acceptors (Lipinski definition) is 5. The van der Waals surface area contributed by atoms with Crippen LogP contribution in [0.3, 0.4) is 0 Å². The Morgan fingerprint density at radius 3 is 2.67 bits per heavy atom. The number of fused-ring (bicyclic) bond motifs is 1. The third kappa shape index (κ3) is 4.80. The van der Waals surface area contributed by atoms with Gasteiger partial charge in [0.1, 0.15) is 16.9 Å². The topological polar surface area (TPSA) is 106 Å². The lowest BCUT2D eigenvalue weighted by atomic mass is 9.79. The number of carbonyl (C=O) groups is 1. The van der Waals surface area contributed by atoms with Gasteiger partial charge in [0.15, 0.2) is 0 Å². The summed E-state index contributed by atoms with van der Waals surface area (Å²) in [5.74, 6) is -0.243. The first kappa shape index (κ1) is 23.0. The van der Waals surface area contributed by atoms with E-state index in [1.54, 1.807) is 38.5 Å². The van der Waals surface area contributed by atoms with Crippen LogP contribution in [0.5, 0.6) is 5.75 Å². The SMILES string of the molecule is CC(C)[C@](NCC(F)(F)F)(C(N)=O)c1cncc(-c2c[nH]c3ncc(OCC4CC4)cc23)c1. The predicted octanol–water partition coefficient (Wildman–Crippen LogP) is 3.90. The molecule has 176 valence electrons. The van der Waals surface area contributed by atoms with Crippen LogP contribution in [0.1, 0.15) is 32.3 Å². The highest BCUT2D eigenvalue weighted by Crippen LogP contribution is 2.36. The number of ether oxygens (including phenoxy) is 1. The number of pyridine rings is 2. The van der Waals surface area contributed by atoms with Gasteiger partial charge in [-0.2, -0.15) is 13.2 Å². The zero-order chi connectivity index (χ0) is 23.8. The number of halogens is 3. The Bertz CT molecular complexity index is 1160. The molecule has 1 amide bonds. The Morgan fingerprint density at radius 2 is 2.03 bits per heavy atom. The molecule has 3 aromatic heterocycles. The number of carbonyl (C=O) groups excluding carboxylic acids is 1. The second-order valence-electron chi connectivity index (χ2n) is 8.78. The summed E-state index contributed by atoms with van der Waals surface area (Å²) in [5.41, 5.74) is 6.14. The number of H-pyrrole nitrogens is 1. The minimum Gasteiger partial charge on any atom is -0.492 e. The molecular weight excluding hydrogens is 435 g/mol. The molecule has 0 bridgehead atoms. The Balaban J connectivity index is 1.73. The molecule has 3 heterocycles. The average molecular weight is 461 g/mol. The molecular formula is C23H26F3N5O2. The Kier molecular flexibility index (Phi) is 6.04. The van der Waals surface area contributed by atoms with E-state index >= 15 is 0 Å². The average Bonchev–Trinajstić information content (AvgIpc) is 3.49. The molecule has 1 atom stereocenters. The predicted molar refractivity (Wildman–Crippen MR) is 117 cm³/mol. The highest BCUT2D eigenvalue weighted by molar-refractivity contribution is 5.94. The lowest BCUT2D eigenvalue weighted by molar-refractivity contribution is -0.139. The van der Waals surface area contributed by atoms with Crippen molar-refractivity contribution in [2.24, 2.45) is 17.6 Å². The van der Waals surface area contributed by atoms with Gasteiger partial charge < -0.3 is 15.5 Å². The number of nitrogens with one attached hydrogen (secondary N) is 2. The van der Waals surface area contributed by atoms with Crippen LogP contribution in [-0.2, 0) is 10.3 Å². The molecule has 1 fully saturated rings. The fraction of sp³-hybridized carbons (Fsp3) is 0.435. The maximum Gasteiger partial charge on any atom is 0.401 e. The number of aromatic nitrogens is 3. The molecule has 1 aliphatic carbocycles. The van der Waals surface area contributed by atoms with Crippen LogP contribution >= 0.6 is 0 Å². The minimum atomic E-state index is -4.51. The van der Waals surface area contributed by atoms with Crippen LogP contribution in [-0.4, -0.2) is 40.2 Å². The summed E-state index contributed by atoms with van der Waals surface area (Å²) < 4.78 is 44.9.